The summed E-state index contributed by atoms with van der Waals surface area (Å²) in [6, 6.07) is 3.77. The summed E-state index contributed by atoms with van der Waals surface area (Å²) in [6.45, 7) is 2.42. The number of nitrogens with zero attached hydrogens (tertiary/aromatic N) is 4. The van der Waals surface area contributed by atoms with Crippen molar-refractivity contribution in [2.75, 3.05) is 72.0 Å². The van der Waals surface area contributed by atoms with Crippen molar-refractivity contribution in [1.82, 2.24) is 14.5 Å². The molecule has 29 heavy (non-hydrogen) atoms. The first-order chi connectivity index (χ1) is 13.7. The Balaban J connectivity index is 2.22. The van der Waals surface area contributed by atoms with E-state index in [1.165, 1.54) is 35.5 Å². The van der Waals surface area contributed by atoms with Gasteiger partial charge in [0.2, 0.25) is 15.9 Å². The number of nitro benzene ring substituents is 1. The predicted octanol–water partition coefficient (Wildman–Crippen LogP) is -0.270. The topological polar surface area (TPSA) is 125 Å². The number of benzene rings is 1. The molecule has 11 nitrogen and oxygen atoms in total. The molecular formula is C17H27N5O6S. The highest BCUT2D eigenvalue weighted by molar-refractivity contribution is 7.89. The third-order valence-corrected chi connectivity index (χ3v) is 6.56. The van der Waals surface area contributed by atoms with Crippen molar-refractivity contribution in [2.45, 2.75) is 4.90 Å². The van der Waals surface area contributed by atoms with Crippen molar-refractivity contribution < 1.29 is 22.9 Å². The SMILES string of the molecule is COCCNC(=O)CN(C)c1ccc(S(=O)(=O)N2CCN(C)CC2)cc1[N+](=O)[O-]. The highest BCUT2D eigenvalue weighted by Gasteiger charge is 2.30. The van der Waals surface area contributed by atoms with Gasteiger partial charge in [-0.2, -0.15) is 4.31 Å². The molecule has 0 aromatic heterocycles. The van der Waals surface area contributed by atoms with E-state index in [4.69, 9.17) is 4.74 Å². The summed E-state index contributed by atoms with van der Waals surface area (Å²) in [7, 11) is 1.12. The number of rotatable bonds is 9. The van der Waals surface area contributed by atoms with E-state index in [0.29, 0.717) is 39.3 Å². The second kappa shape index (κ2) is 9.96. The lowest BCUT2D eigenvalue weighted by Crippen LogP contribution is -2.47. The maximum absolute atomic E-state index is 12.9. The Kier molecular flexibility index (Phi) is 7.90. The van der Waals surface area contributed by atoms with Gasteiger partial charge in [-0.3, -0.25) is 14.9 Å². The number of carbonyl (C=O) groups is 1. The van der Waals surface area contributed by atoms with Crippen LogP contribution in [0.4, 0.5) is 11.4 Å². The van der Waals surface area contributed by atoms with E-state index in [-0.39, 0.29) is 28.7 Å². The van der Waals surface area contributed by atoms with Crippen molar-refractivity contribution in [2.24, 2.45) is 0 Å². The lowest BCUT2D eigenvalue weighted by molar-refractivity contribution is -0.384. The molecule has 0 aliphatic carbocycles. The summed E-state index contributed by atoms with van der Waals surface area (Å²) in [5.74, 6) is -0.326. The molecule has 1 saturated heterocycles. The first kappa shape index (κ1) is 23.0. The molecule has 0 bridgehead atoms. The van der Waals surface area contributed by atoms with Gasteiger partial charge in [0.15, 0.2) is 0 Å². The van der Waals surface area contributed by atoms with E-state index in [2.05, 4.69) is 5.32 Å². The van der Waals surface area contributed by atoms with E-state index in [9.17, 15) is 23.3 Å². The smallest absolute Gasteiger partial charge is 0.293 e. The fourth-order valence-corrected chi connectivity index (χ4v) is 4.40. The van der Waals surface area contributed by atoms with E-state index < -0.39 is 14.9 Å². The van der Waals surface area contributed by atoms with Crippen molar-refractivity contribution in [1.29, 1.82) is 0 Å². The molecule has 162 valence electrons. The molecular weight excluding hydrogens is 402 g/mol. The number of amides is 1. The maximum atomic E-state index is 12.9. The van der Waals surface area contributed by atoms with Gasteiger partial charge in [0, 0.05) is 52.9 Å². The summed E-state index contributed by atoms with van der Waals surface area (Å²) in [5.41, 5.74) is -0.207. The van der Waals surface area contributed by atoms with Gasteiger partial charge in [-0.25, -0.2) is 8.42 Å². The number of methoxy groups -OCH3 is 1. The second-order valence-corrected chi connectivity index (χ2v) is 8.75. The molecule has 1 aliphatic heterocycles. The summed E-state index contributed by atoms with van der Waals surface area (Å²) < 4.78 is 31.9. The zero-order chi connectivity index (χ0) is 21.6. The number of nitro groups is 1. The van der Waals surface area contributed by atoms with Gasteiger partial charge in [0.1, 0.15) is 5.69 Å². The second-order valence-electron chi connectivity index (χ2n) is 6.81. The number of sulfonamides is 1. The number of ether oxygens (including phenoxy) is 1. The minimum absolute atomic E-state index is 0.116. The molecule has 1 N–H and O–H groups in total. The van der Waals surface area contributed by atoms with Gasteiger partial charge in [0.25, 0.3) is 5.69 Å². The third kappa shape index (κ3) is 5.85. The Morgan fingerprint density at radius 3 is 2.55 bits per heavy atom. The lowest BCUT2D eigenvalue weighted by atomic mass is 10.2. The molecule has 1 heterocycles. The molecule has 1 aliphatic rings. The van der Waals surface area contributed by atoms with Gasteiger partial charge >= 0.3 is 0 Å². The molecule has 2 rings (SSSR count). The van der Waals surface area contributed by atoms with Gasteiger partial charge in [-0.15, -0.1) is 0 Å². The molecule has 0 spiro atoms. The molecule has 12 heteroatoms. The largest absolute Gasteiger partial charge is 0.383 e. The lowest BCUT2D eigenvalue weighted by Gasteiger charge is -2.31. The maximum Gasteiger partial charge on any atom is 0.293 e. The zero-order valence-corrected chi connectivity index (χ0v) is 17.6. The van der Waals surface area contributed by atoms with E-state index in [1.807, 2.05) is 11.9 Å². The first-order valence-electron chi connectivity index (χ1n) is 9.10. The Hall–Kier alpha value is -2.28. The Labute approximate surface area is 170 Å². The molecule has 0 unspecified atom stereocenters. The summed E-state index contributed by atoms with van der Waals surface area (Å²) in [4.78, 5) is 26.2. The normalized spacial score (nSPS) is 15.8. The van der Waals surface area contributed by atoms with Crippen LogP contribution in [-0.4, -0.2) is 95.5 Å². The van der Waals surface area contributed by atoms with E-state index >= 15 is 0 Å². The van der Waals surface area contributed by atoms with Crippen molar-refractivity contribution in [3.05, 3.63) is 28.3 Å². The van der Waals surface area contributed by atoms with Crippen LogP contribution in [0.25, 0.3) is 0 Å². The van der Waals surface area contributed by atoms with Crippen LogP contribution in [0.15, 0.2) is 23.1 Å². The van der Waals surface area contributed by atoms with Gasteiger partial charge in [-0.05, 0) is 19.2 Å². The van der Waals surface area contributed by atoms with Crippen LogP contribution in [0.1, 0.15) is 0 Å². The quantitative estimate of drug-likeness (QED) is 0.323. The fraction of sp³-hybridized carbons (Fsp3) is 0.588. The van der Waals surface area contributed by atoms with Crippen LogP contribution in [0.2, 0.25) is 0 Å². The number of nitrogens with one attached hydrogen (secondary N) is 1. The molecule has 0 saturated carbocycles. The predicted molar refractivity (Wildman–Crippen MR) is 108 cm³/mol. The molecule has 0 radical (unpaired) electrons. The highest BCUT2D eigenvalue weighted by Crippen LogP contribution is 2.31. The fourth-order valence-electron chi connectivity index (χ4n) is 2.96. The van der Waals surface area contributed by atoms with Crippen LogP contribution in [0, 0.1) is 10.1 Å². The first-order valence-corrected chi connectivity index (χ1v) is 10.5. The highest BCUT2D eigenvalue weighted by atomic mass is 32.2. The average molecular weight is 429 g/mol. The monoisotopic (exact) mass is 429 g/mol. The Morgan fingerprint density at radius 2 is 1.97 bits per heavy atom. The van der Waals surface area contributed by atoms with Crippen LogP contribution in [0.5, 0.6) is 0 Å². The summed E-state index contributed by atoms with van der Waals surface area (Å²) in [6.07, 6.45) is 0. The number of hydrogen-bond donors (Lipinski definition) is 1. The van der Waals surface area contributed by atoms with Crippen LogP contribution < -0.4 is 10.2 Å². The average Bonchev–Trinajstić information content (AvgIpc) is 2.68. The number of anilines is 1. The van der Waals surface area contributed by atoms with E-state index in [1.54, 1.807) is 0 Å². The van der Waals surface area contributed by atoms with E-state index in [0.717, 1.165) is 6.07 Å². The molecule has 0 atom stereocenters. The number of likely N-dealkylation sites (N-methyl/N-ethyl adjacent to an activating group) is 2. The molecule has 1 aromatic carbocycles. The minimum Gasteiger partial charge on any atom is -0.383 e. The van der Waals surface area contributed by atoms with Crippen molar-refractivity contribution in [3.63, 3.8) is 0 Å². The van der Waals surface area contributed by atoms with Gasteiger partial charge in [-0.1, -0.05) is 0 Å². The Bertz CT molecular complexity index is 839. The zero-order valence-electron chi connectivity index (χ0n) is 16.8. The summed E-state index contributed by atoms with van der Waals surface area (Å²) in [5, 5.41) is 14.2. The Morgan fingerprint density at radius 1 is 1.31 bits per heavy atom. The van der Waals surface area contributed by atoms with Crippen LogP contribution in [-0.2, 0) is 19.6 Å². The van der Waals surface area contributed by atoms with Crippen LogP contribution >= 0.6 is 0 Å². The number of carbonyl (C=O) groups excluding carboxylic acids is 1. The van der Waals surface area contributed by atoms with Gasteiger partial charge in [0.05, 0.1) is 23.0 Å². The molecule has 1 amide bonds. The standard InChI is InChI=1S/C17H27N5O6S/c1-19-7-9-21(10-8-19)29(26,27)14-4-5-15(16(12-14)22(24)25)20(2)13-17(23)18-6-11-28-3/h4-5,12H,6-11,13H2,1-3H3,(H,18,23). The number of piperazine rings is 1. The van der Waals surface area contributed by atoms with Gasteiger partial charge < -0.3 is 19.9 Å². The summed E-state index contributed by atoms with van der Waals surface area (Å²) >= 11 is 0. The number of hydrogen-bond acceptors (Lipinski definition) is 8. The third-order valence-electron chi connectivity index (χ3n) is 4.66. The molecule has 1 fully saturated rings. The van der Waals surface area contributed by atoms with Crippen molar-refractivity contribution >= 4 is 27.3 Å². The minimum atomic E-state index is -3.83. The molecule has 1 aromatic rings. The van der Waals surface area contributed by atoms with Crippen LogP contribution in [0.3, 0.4) is 0 Å². The van der Waals surface area contributed by atoms with Crippen molar-refractivity contribution in [3.8, 4) is 0 Å².